The van der Waals surface area contributed by atoms with Crippen molar-refractivity contribution in [2.75, 3.05) is 19.6 Å². The summed E-state index contributed by atoms with van der Waals surface area (Å²) in [5, 5.41) is 4.38. The Morgan fingerprint density at radius 1 is 1.33 bits per heavy atom. The smallest absolute Gasteiger partial charge is 0.234 e. The number of rotatable bonds is 5. The molecule has 2 heterocycles. The first-order chi connectivity index (χ1) is 11.5. The van der Waals surface area contributed by atoms with Crippen molar-refractivity contribution in [2.24, 2.45) is 0 Å². The van der Waals surface area contributed by atoms with E-state index in [0.29, 0.717) is 12.5 Å². The molecule has 1 amide bonds. The van der Waals surface area contributed by atoms with Crippen LogP contribution >= 0.6 is 11.3 Å². The van der Waals surface area contributed by atoms with Crippen LogP contribution < -0.4 is 5.32 Å². The molecule has 0 unspecified atom stereocenters. The lowest BCUT2D eigenvalue weighted by atomic mass is 9.97. The van der Waals surface area contributed by atoms with Crippen LogP contribution in [0.2, 0.25) is 0 Å². The lowest BCUT2D eigenvalue weighted by molar-refractivity contribution is -0.124. The van der Waals surface area contributed by atoms with Crippen molar-refractivity contribution >= 4 is 27.5 Å². The lowest BCUT2D eigenvalue weighted by Gasteiger charge is -2.32. The van der Waals surface area contributed by atoms with Gasteiger partial charge in [0.25, 0.3) is 0 Å². The summed E-state index contributed by atoms with van der Waals surface area (Å²) in [6.07, 6.45) is 3.12. The summed E-state index contributed by atoms with van der Waals surface area (Å²) >= 11 is 1.82. The summed E-state index contributed by atoms with van der Waals surface area (Å²) < 4.78 is 1.27. The molecule has 4 nitrogen and oxygen atoms in total. The van der Waals surface area contributed by atoms with Gasteiger partial charge in [-0.1, -0.05) is 19.1 Å². The Labute approximate surface area is 148 Å². The molecule has 3 rings (SSSR count). The number of para-hydroxylation sites is 1. The fraction of sp³-hybridized carbons (Fsp3) is 0.579. The predicted molar refractivity (Wildman–Crippen MR) is 101 cm³/mol. The number of nitrogens with one attached hydrogen (secondary N) is 1. The number of hydrogen-bond acceptors (Lipinski definition) is 4. The maximum Gasteiger partial charge on any atom is 0.234 e. The second kappa shape index (κ2) is 7.19. The SMILES string of the molecule is CCC(C)(C)NC(=O)CN1CCC(c2nc3ccccc3s2)CC1. The molecule has 130 valence electrons. The fourth-order valence-electron chi connectivity index (χ4n) is 3.11. The number of amides is 1. The van der Waals surface area contributed by atoms with Crippen LogP contribution in [0.25, 0.3) is 10.2 Å². The van der Waals surface area contributed by atoms with Gasteiger partial charge in [0.2, 0.25) is 5.91 Å². The molecule has 1 aliphatic heterocycles. The minimum Gasteiger partial charge on any atom is -0.350 e. The summed E-state index contributed by atoms with van der Waals surface area (Å²) in [6.45, 7) is 8.70. The highest BCUT2D eigenvalue weighted by atomic mass is 32.1. The van der Waals surface area contributed by atoms with Crippen molar-refractivity contribution in [3.05, 3.63) is 29.3 Å². The number of piperidine rings is 1. The highest BCUT2D eigenvalue weighted by Gasteiger charge is 2.25. The zero-order chi connectivity index (χ0) is 17.2. The number of likely N-dealkylation sites (tertiary alicyclic amines) is 1. The van der Waals surface area contributed by atoms with E-state index in [4.69, 9.17) is 4.98 Å². The Morgan fingerprint density at radius 2 is 2.04 bits per heavy atom. The number of fused-ring (bicyclic) bond motifs is 1. The summed E-state index contributed by atoms with van der Waals surface area (Å²) in [7, 11) is 0. The lowest BCUT2D eigenvalue weighted by Crippen LogP contribution is -2.48. The quantitative estimate of drug-likeness (QED) is 0.897. The van der Waals surface area contributed by atoms with Crippen molar-refractivity contribution in [1.29, 1.82) is 0 Å². The highest BCUT2D eigenvalue weighted by molar-refractivity contribution is 7.18. The standard InChI is InChI=1S/C19H27N3OS/c1-4-19(2,3)21-17(23)13-22-11-9-14(10-12-22)18-20-15-7-5-6-8-16(15)24-18/h5-8,14H,4,9-13H2,1-3H3,(H,21,23). The molecule has 0 radical (unpaired) electrons. The van der Waals surface area contributed by atoms with E-state index in [-0.39, 0.29) is 11.4 Å². The van der Waals surface area contributed by atoms with Gasteiger partial charge in [-0.25, -0.2) is 4.98 Å². The first kappa shape index (κ1) is 17.4. The number of hydrogen-bond donors (Lipinski definition) is 1. The largest absolute Gasteiger partial charge is 0.350 e. The molecule has 1 aromatic carbocycles. The van der Waals surface area contributed by atoms with Crippen LogP contribution in [0.1, 0.15) is 51.0 Å². The number of carbonyl (C=O) groups is 1. The van der Waals surface area contributed by atoms with E-state index in [0.717, 1.165) is 37.9 Å². The molecule has 1 aromatic heterocycles. The molecule has 0 bridgehead atoms. The van der Waals surface area contributed by atoms with E-state index in [9.17, 15) is 4.79 Å². The van der Waals surface area contributed by atoms with Crippen LogP contribution in [0.3, 0.4) is 0 Å². The molecule has 24 heavy (non-hydrogen) atoms. The Morgan fingerprint density at radius 3 is 2.71 bits per heavy atom. The van der Waals surface area contributed by atoms with Gasteiger partial charge in [-0.05, 0) is 58.3 Å². The van der Waals surface area contributed by atoms with Crippen molar-refractivity contribution in [1.82, 2.24) is 15.2 Å². The third-order valence-corrected chi connectivity index (χ3v) is 6.18. The number of aromatic nitrogens is 1. The van der Waals surface area contributed by atoms with E-state index in [1.54, 1.807) is 0 Å². The van der Waals surface area contributed by atoms with Crippen LogP contribution in [0.4, 0.5) is 0 Å². The van der Waals surface area contributed by atoms with Gasteiger partial charge < -0.3 is 5.32 Å². The van der Waals surface area contributed by atoms with Gasteiger partial charge in [0.1, 0.15) is 0 Å². The topological polar surface area (TPSA) is 45.2 Å². The van der Waals surface area contributed by atoms with Gasteiger partial charge in [-0.15, -0.1) is 11.3 Å². The Bertz CT molecular complexity index is 668. The average molecular weight is 346 g/mol. The van der Waals surface area contributed by atoms with Gasteiger partial charge in [-0.2, -0.15) is 0 Å². The molecule has 1 saturated heterocycles. The summed E-state index contributed by atoms with van der Waals surface area (Å²) in [5.74, 6) is 0.675. The first-order valence-corrected chi connectivity index (χ1v) is 9.67. The minimum atomic E-state index is -0.115. The molecule has 0 saturated carbocycles. The molecular formula is C19H27N3OS. The predicted octanol–water partition coefficient (Wildman–Crippen LogP) is 3.78. The molecule has 0 spiro atoms. The van der Waals surface area contributed by atoms with Gasteiger partial charge in [-0.3, -0.25) is 9.69 Å². The average Bonchev–Trinajstić information content (AvgIpc) is 2.99. The Kier molecular flexibility index (Phi) is 5.21. The molecule has 5 heteroatoms. The highest BCUT2D eigenvalue weighted by Crippen LogP contribution is 2.33. The minimum absolute atomic E-state index is 0.115. The second-order valence-electron chi connectivity index (χ2n) is 7.36. The monoisotopic (exact) mass is 345 g/mol. The zero-order valence-corrected chi connectivity index (χ0v) is 15.7. The van der Waals surface area contributed by atoms with Crippen LogP contribution in [-0.2, 0) is 4.79 Å². The molecule has 1 aliphatic rings. The van der Waals surface area contributed by atoms with E-state index in [1.807, 2.05) is 17.4 Å². The molecular weight excluding hydrogens is 318 g/mol. The van der Waals surface area contributed by atoms with Crippen molar-refractivity contribution < 1.29 is 4.79 Å². The van der Waals surface area contributed by atoms with Crippen molar-refractivity contribution in [2.45, 2.75) is 51.5 Å². The van der Waals surface area contributed by atoms with E-state index >= 15 is 0 Å². The molecule has 0 atom stereocenters. The molecule has 1 fully saturated rings. The summed E-state index contributed by atoms with van der Waals surface area (Å²) in [4.78, 5) is 19.3. The normalized spacial score (nSPS) is 17.3. The third kappa shape index (κ3) is 4.14. The van der Waals surface area contributed by atoms with Crippen molar-refractivity contribution in [3.8, 4) is 0 Å². The van der Waals surface area contributed by atoms with Crippen LogP contribution in [-0.4, -0.2) is 41.0 Å². The maximum absolute atomic E-state index is 12.2. The maximum atomic E-state index is 12.2. The number of carbonyl (C=O) groups excluding carboxylic acids is 1. The first-order valence-electron chi connectivity index (χ1n) is 8.86. The number of thiazole rings is 1. The Hall–Kier alpha value is -1.46. The van der Waals surface area contributed by atoms with Crippen LogP contribution in [0.5, 0.6) is 0 Å². The van der Waals surface area contributed by atoms with E-state index in [2.05, 4.69) is 49.2 Å². The van der Waals surface area contributed by atoms with Crippen molar-refractivity contribution in [3.63, 3.8) is 0 Å². The zero-order valence-electron chi connectivity index (χ0n) is 14.8. The fourth-order valence-corrected chi connectivity index (χ4v) is 4.25. The summed E-state index contributed by atoms with van der Waals surface area (Å²) in [6, 6.07) is 8.35. The van der Waals surface area contributed by atoms with Crippen LogP contribution in [0, 0.1) is 0 Å². The molecule has 1 N–H and O–H groups in total. The summed E-state index contributed by atoms with van der Waals surface area (Å²) in [5.41, 5.74) is 0.997. The Balaban J connectivity index is 1.53. The van der Waals surface area contributed by atoms with Gasteiger partial charge in [0.05, 0.1) is 21.8 Å². The van der Waals surface area contributed by atoms with Gasteiger partial charge in [0.15, 0.2) is 0 Å². The van der Waals surface area contributed by atoms with Gasteiger partial charge in [0, 0.05) is 11.5 Å². The third-order valence-electron chi connectivity index (χ3n) is 4.98. The number of nitrogens with zero attached hydrogens (tertiary/aromatic N) is 2. The van der Waals surface area contributed by atoms with Gasteiger partial charge >= 0.3 is 0 Å². The molecule has 2 aromatic rings. The van der Waals surface area contributed by atoms with E-state index < -0.39 is 0 Å². The van der Waals surface area contributed by atoms with E-state index in [1.165, 1.54) is 9.71 Å². The van der Waals surface area contributed by atoms with Crippen LogP contribution in [0.15, 0.2) is 24.3 Å². The second-order valence-corrected chi connectivity index (χ2v) is 8.42. The number of benzene rings is 1. The molecule has 0 aliphatic carbocycles.